The van der Waals surface area contributed by atoms with Gasteiger partial charge in [0.1, 0.15) is 11.5 Å². The molecule has 2 aliphatic heterocycles. The molecular formula is C38H32O4P2. The Balaban J connectivity index is 1.29. The van der Waals surface area contributed by atoms with E-state index < -0.39 is 14.7 Å². The van der Waals surface area contributed by atoms with E-state index in [-0.39, 0.29) is 0 Å². The van der Waals surface area contributed by atoms with Crippen molar-refractivity contribution in [1.82, 2.24) is 0 Å². The van der Waals surface area contributed by atoms with Gasteiger partial charge in [0.15, 0.2) is 0 Å². The Labute approximate surface area is 258 Å². The summed E-state index contributed by atoms with van der Waals surface area (Å²) in [5.41, 5.74) is 7.88. The summed E-state index contributed by atoms with van der Waals surface area (Å²) < 4.78 is 41.9. The van der Waals surface area contributed by atoms with Gasteiger partial charge in [-0.2, -0.15) is 0 Å². The van der Waals surface area contributed by atoms with Crippen LogP contribution in [-0.2, 0) is 22.0 Å². The molecule has 44 heavy (non-hydrogen) atoms. The normalized spacial score (nSPS) is 21.9. The fourth-order valence-electron chi connectivity index (χ4n) is 6.57. The third-order valence-corrected chi connectivity index (χ3v) is 13.7. The number of hydrogen-bond donors (Lipinski definition) is 0. The summed E-state index contributed by atoms with van der Waals surface area (Å²) in [5.74, 6) is 1.21. The maximum absolute atomic E-state index is 14.8. The quantitative estimate of drug-likeness (QED) is 0.210. The molecule has 2 atom stereocenters. The van der Waals surface area contributed by atoms with Gasteiger partial charge in [0, 0.05) is 16.4 Å². The molecule has 0 N–H and O–H groups in total. The minimum atomic E-state index is -3.45. The van der Waals surface area contributed by atoms with Crippen LogP contribution in [0.3, 0.4) is 0 Å². The number of fused-ring (bicyclic) bond motifs is 5. The van der Waals surface area contributed by atoms with E-state index >= 15 is 0 Å². The van der Waals surface area contributed by atoms with Gasteiger partial charge < -0.3 is 9.05 Å². The zero-order valence-corrected chi connectivity index (χ0v) is 26.5. The van der Waals surface area contributed by atoms with Gasteiger partial charge in [0.25, 0.3) is 0 Å². The van der Waals surface area contributed by atoms with E-state index in [1.54, 1.807) is 12.2 Å². The first-order valence-electron chi connectivity index (χ1n) is 14.7. The largest absolute Gasteiger partial charge is 0.436 e. The van der Waals surface area contributed by atoms with Crippen LogP contribution < -0.4 is 19.7 Å². The van der Waals surface area contributed by atoms with Gasteiger partial charge in [-0.3, -0.25) is 9.13 Å². The first-order chi connectivity index (χ1) is 21.3. The standard InChI is InChI=1S/C38H32O4P2/c1-5-12-38-31(7-3)35-14-9-11-16-37(35)42-44(38,40)29-20-22-33-27(24-29)18-17-26-23-28(19-21-32(26)33)43(39)25(4)30(6-2)34-13-8-10-15-36(34)41-43/h5-16,19-24H,2-3,17-18H2,1,4H3/b12-5-. The highest BCUT2D eigenvalue weighted by Gasteiger charge is 2.40. The molecular weight excluding hydrogens is 582 g/mol. The first kappa shape index (κ1) is 28.4. The van der Waals surface area contributed by atoms with Gasteiger partial charge in [-0.15, -0.1) is 0 Å². The number of aryl methyl sites for hydroxylation is 2. The van der Waals surface area contributed by atoms with Crippen LogP contribution >= 0.6 is 14.7 Å². The lowest BCUT2D eigenvalue weighted by Gasteiger charge is -2.31. The van der Waals surface area contributed by atoms with Crippen LogP contribution in [-0.4, -0.2) is 0 Å². The fourth-order valence-corrected chi connectivity index (χ4v) is 11.2. The summed E-state index contributed by atoms with van der Waals surface area (Å²) in [7, 11) is -6.79. The van der Waals surface area contributed by atoms with Gasteiger partial charge in [0.05, 0.1) is 15.9 Å². The summed E-state index contributed by atoms with van der Waals surface area (Å²) in [6.07, 6.45) is 8.83. The van der Waals surface area contributed by atoms with Crippen LogP contribution in [0.15, 0.2) is 133 Å². The van der Waals surface area contributed by atoms with E-state index in [4.69, 9.17) is 9.05 Å². The van der Waals surface area contributed by atoms with Crippen molar-refractivity contribution in [2.24, 2.45) is 0 Å². The number of rotatable bonds is 5. The van der Waals surface area contributed by atoms with Crippen molar-refractivity contribution in [3.63, 3.8) is 0 Å². The average Bonchev–Trinajstić information content (AvgIpc) is 3.05. The topological polar surface area (TPSA) is 52.6 Å². The van der Waals surface area contributed by atoms with Gasteiger partial charge >= 0.3 is 14.7 Å². The highest BCUT2D eigenvalue weighted by molar-refractivity contribution is 7.72. The zero-order chi connectivity index (χ0) is 30.6. The Bertz CT molecular complexity index is 2100. The van der Waals surface area contributed by atoms with E-state index in [2.05, 4.69) is 13.2 Å². The number of para-hydroxylation sites is 2. The predicted octanol–water partition coefficient (Wildman–Crippen LogP) is 9.83. The van der Waals surface area contributed by atoms with E-state index in [1.807, 2.05) is 111 Å². The summed E-state index contributed by atoms with van der Waals surface area (Å²) in [4.78, 5) is 0. The molecule has 0 saturated heterocycles. The predicted molar refractivity (Wildman–Crippen MR) is 183 cm³/mol. The SMILES string of the molecule is C=CC1=C(C)P(=O)(c2ccc3c(c2)CCc2cc(P4(=O)Oc5ccccc5C(C=C)=C4/C=C\C)ccc2-3)Oc2ccccc21. The molecule has 2 heterocycles. The number of allylic oxidation sites excluding steroid dienone is 8. The van der Waals surface area contributed by atoms with Crippen molar-refractivity contribution >= 4 is 36.5 Å². The number of hydrogen-bond acceptors (Lipinski definition) is 4. The van der Waals surface area contributed by atoms with Crippen LogP contribution in [0.5, 0.6) is 11.5 Å². The first-order valence-corrected chi connectivity index (χ1v) is 18.0. The Kier molecular flexibility index (Phi) is 6.89. The van der Waals surface area contributed by atoms with Gasteiger partial charge in [0.2, 0.25) is 0 Å². The molecule has 4 nitrogen and oxygen atoms in total. The molecule has 3 aliphatic rings. The van der Waals surface area contributed by atoms with Crippen molar-refractivity contribution in [3.8, 4) is 22.6 Å². The summed E-state index contributed by atoms with van der Waals surface area (Å²) in [6.45, 7) is 11.8. The summed E-state index contributed by atoms with van der Waals surface area (Å²) in [6, 6.07) is 27.4. The maximum atomic E-state index is 14.8. The Hall–Kier alpha value is -4.36. The van der Waals surface area contributed by atoms with Gasteiger partial charge in [-0.05, 0) is 96.5 Å². The van der Waals surface area contributed by atoms with Crippen LogP contribution in [0, 0.1) is 0 Å². The van der Waals surface area contributed by atoms with Crippen LogP contribution in [0.25, 0.3) is 22.3 Å². The van der Waals surface area contributed by atoms with Crippen LogP contribution in [0.4, 0.5) is 0 Å². The highest BCUT2D eigenvalue weighted by atomic mass is 31.2. The molecule has 0 fully saturated rings. The minimum absolute atomic E-state index is 0.598. The van der Waals surface area contributed by atoms with Crippen molar-refractivity contribution in [2.75, 3.05) is 0 Å². The average molecular weight is 615 g/mol. The lowest BCUT2D eigenvalue weighted by molar-refractivity contribution is 0.495. The third kappa shape index (κ3) is 4.20. The molecule has 2 unspecified atom stereocenters. The summed E-state index contributed by atoms with van der Waals surface area (Å²) >= 11 is 0. The molecule has 6 heteroatoms. The second-order valence-corrected chi connectivity index (χ2v) is 15.9. The van der Waals surface area contributed by atoms with E-state index in [0.29, 0.717) is 32.7 Å². The molecule has 0 saturated carbocycles. The third-order valence-electron chi connectivity index (χ3n) is 8.78. The molecule has 0 bridgehead atoms. The molecule has 0 amide bonds. The molecule has 0 aromatic heterocycles. The second kappa shape index (κ2) is 10.7. The minimum Gasteiger partial charge on any atom is -0.436 e. The van der Waals surface area contributed by atoms with E-state index in [9.17, 15) is 9.13 Å². The Morgan fingerprint density at radius 2 is 1.16 bits per heavy atom. The molecule has 0 spiro atoms. The van der Waals surface area contributed by atoms with Crippen molar-refractivity contribution in [1.29, 1.82) is 0 Å². The molecule has 0 radical (unpaired) electrons. The van der Waals surface area contributed by atoms with Crippen LogP contribution in [0.2, 0.25) is 0 Å². The van der Waals surface area contributed by atoms with Crippen molar-refractivity contribution in [2.45, 2.75) is 26.7 Å². The monoisotopic (exact) mass is 614 g/mol. The van der Waals surface area contributed by atoms with E-state index in [1.165, 1.54) is 0 Å². The fraction of sp³-hybridized carbons (Fsp3) is 0.105. The second-order valence-electron chi connectivity index (χ2n) is 11.2. The lowest BCUT2D eigenvalue weighted by Crippen LogP contribution is -2.19. The molecule has 218 valence electrons. The molecule has 1 aliphatic carbocycles. The molecule has 4 aromatic rings. The zero-order valence-electron chi connectivity index (χ0n) is 24.7. The van der Waals surface area contributed by atoms with E-state index in [0.717, 1.165) is 57.4 Å². The Morgan fingerprint density at radius 1 is 0.659 bits per heavy atom. The maximum Gasteiger partial charge on any atom is 0.307 e. The molecule has 4 aromatic carbocycles. The highest BCUT2D eigenvalue weighted by Crippen LogP contribution is 2.62. The van der Waals surface area contributed by atoms with Crippen LogP contribution in [0.1, 0.15) is 36.1 Å². The van der Waals surface area contributed by atoms with Gasteiger partial charge in [-0.25, -0.2) is 0 Å². The number of benzene rings is 4. The van der Waals surface area contributed by atoms with Crippen molar-refractivity contribution in [3.05, 3.63) is 155 Å². The smallest absolute Gasteiger partial charge is 0.307 e. The Morgan fingerprint density at radius 3 is 1.70 bits per heavy atom. The lowest BCUT2D eigenvalue weighted by atomic mass is 9.86. The molecule has 7 rings (SSSR count). The van der Waals surface area contributed by atoms with Crippen molar-refractivity contribution < 1.29 is 18.2 Å². The van der Waals surface area contributed by atoms with Gasteiger partial charge in [-0.1, -0.05) is 86.0 Å². The summed E-state index contributed by atoms with van der Waals surface area (Å²) in [5, 5.41) is 2.69.